The van der Waals surface area contributed by atoms with Gasteiger partial charge in [0.2, 0.25) is 0 Å². The summed E-state index contributed by atoms with van der Waals surface area (Å²) < 4.78 is 15.6. The van der Waals surface area contributed by atoms with Crippen LogP contribution in [0.1, 0.15) is 21.5 Å². The first-order valence-corrected chi connectivity index (χ1v) is 8.19. The molecule has 1 aromatic heterocycles. The van der Waals surface area contributed by atoms with Crippen LogP contribution in [0.2, 0.25) is 0 Å². The van der Waals surface area contributed by atoms with Crippen molar-refractivity contribution in [2.75, 3.05) is 0 Å². The van der Waals surface area contributed by atoms with Gasteiger partial charge in [0.1, 0.15) is 5.82 Å². The van der Waals surface area contributed by atoms with E-state index >= 15 is 0 Å². The number of nitrogens with one attached hydrogen (secondary N) is 1. The molecule has 0 aliphatic rings. The molecule has 1 amide bonds. The van der Waals surface area contributed by atoms with Crippen LogP contribution < -0.4 is 5.32 Å². The zero-order valence-electron chi connectivity index (χ0n) is 12.7. The van der Waals surface area contributed by atoms with Crippen molar-refractivity contribution in [2.45, 2.75) is 13.1 Å². The number of hydrogen-bond acceptors (Lipinski definition) is 2. The summed E-state index contributed by atoms with van der Waals surface area (Å²) in [4.78, 5) is 12.1. The maximum atomic E-state index is 12.8. The Hall–Kier alpha value is -2.47. The molecule has 0 aliphatic heterocycles. The van der Waals surface area contributed by atoms with Crippen LogP contribution in [0, 0.1) is 5.82 Å². The van der Waals surface area contributed by atoms with Crippen LogP contribution in [0.25, 0.3) is 0 Å². The summed E-state index contributed by atoms with van der Waals surface area (Å²) in [5, 5.41) is 7.02. The van der Waals surface area contributed by atoms with Gasteiger partial charge in [-0.3, -0.25) is 9.48 Å². The fraction of sp³-hybridized carbons (Fsp3) is 0.111. The van der Waals surface area contributed by atoms with Gasteiger partial charge < -0.3 is 5.32 Å². The molecule has 0 fully saturated rings. The average molecular weight is 388 g/mol. The Morgan fingerprint density at radius 1 is 1.08 bits per heavy atom. The Bertz CT molecular complexity index is 828. The minimum atomic E-state index is -0.287. The minimum Gasteiger partial charge on any atom is -0.348 e. The molecular weight excluding hydrogens is 373 g/mol. The number of benzene rings is 2. The van der Waals surface area contributed by atoms with E-state index in [0.717, 1.165) is 15.6 Å². The molecule has 0 saturated heterocycles. The lowest BCUT2D eigenvalue weighted by Gasteiger charge is -2.07. The van der Waals surface area contributed by atoms with Crippen molar-refractivity contribution in [2.24, 2.45) is 0 Å². The van der Waals surface area contributed by atoms with Crippen molar-refractivity contribution >= 4 is 21.8 Å². The van der Waals surface area contributed by atoms with Gasteiger partial charge in [0, 0.05) is 18.3 Å². The first-order chi connectivity index (χ1) is 11.6. The Kier molecular flexibility index (Phi) is 5.05. The van der Waals surface area contributed by atoms with Gasteiger partial charge in [-0.1, -0.05) is 24.3 Å². The summed E-state index contributed by atoms with van der Waals surface area (Å²) in [6.45, 7) is 1.01. The number of rotatable bonds is 5. The van der Waals surface area contributed by atoms with Crippen molar-refractivity contribution in [3.8, 4) is 0 Å². The highest BCUT2D eigenvalue weighted by Gasteiger charge is 2.06. The molecule has 0 bridgehead atoms. The van der Waals surface area contributed by atoms with E-state index in [2.05, 4.69) is 26.3 Å². The first-order valence-electron chi connectivity index (χ1n) is 7.40. The van der Waals surface area contributed by atoms with Gasteiger partial charge in [0.25, 0.3) is 5.91 Å². The minimum absolute atomic E-state index is 0.160. The second-order valence-electron chi connectivity index (χ2n) is 5.36. The van der Waals surface area contributed by atoms with Crippen molar-refractivity contribution in [1.29, 1.82) is 0 Å². The lowest BCUT2D eigenvalue weighted by molar-refractivity contribution is 0.0951. The van der Waals surface area contributed by atoms with Crippen molar-refractivity contribution in [3.05, 3.63) is 87.9 Å². The molecule has 4 nitrogen and oxygen atoms in total. The van der Waals surface area contributed by atoms with Crippen LogP contribution >= 0.6 is 15.9 Å². The van der Waals surface area contributed by atoms with Gasteiger partial charge in [-0.05, 0) is 51.3 Å². The summed E-state index contributed by atoms with van der Waals surface area (Å²) in [5.41, 5.74) is 2.49. The number of carbonyl (C=O) groups is 1. The maximum absolute atomic E-state index is 12.8. The highest BCUT2D eigenvalue weighted by Crippen LogP contribution is 2.10. The molecule has 3 rings (SSSR count). The molecule has 0 unspecified atom stereocenters. The standard InChI is InChI=1S/C18H15BrFN3O/c19-16-10-22-23(12-16)11-14-1-5-15(6-2-14)18(24)21-9-13-3-7-17(20)8-4-13/h1-8,10,12H,9,11H2,(H,21,24). The number of nitrogens with zero attached hydrogens (tertiary/aromatic N) is 2. The van der Waals surface area contributed by atoms with E-state index in [1.54, 1.807) is 30.5 Å². The number of halogens is 2. The van der Waals surface area contributed by atoms with Gasteiger partial charge >= 0.3 is 0 Å². The van der Waals surface area contributed by atoms with Crippen LogP contribution in [-0.4, -0.2) is 15.7 Å². The van der Waals surface area contributed by atoms with Crippen LogP contribution in [-0.2, 0) is 13.1 Å². The normalized spacial score (nSPS) is 10.6. The number of hydrogen-bond donors (Lipinski definition) is 1. The predicted octanol–water partition coefficient (Wildman–Crippen LogP) is 3.76. The number of amides is 1. The molecule has 0 atom stereocenters. The Balaban J connectivity index is 1.58. The monoisotopic (exact) mass is 387 g/mol. The molecule has 6 heteroatoms. The molecule has 0 spiro atoms. The summed E-state index contributed by atoms with van der Waals surface area (Å²) in [7, 11) is 0. The van der Waals surface area contributed by atoms with Crippen LogP contribution in [0.15, 0.2) is 65.4 Å². The third-order valence-corrected chi connectivity index (χ3v) is 3.94. The molecule has 122 valence electrons. The van der Waals surface area contributed by atoms with Crippen molar-refractivity contribution in [1.82, 2.24) is 15.1 Å². The number of aromatic nitrogens is 2. The van der Waals surface area contributed by atoms with E-state index in [1.165, 1.54) is 12.1 Å². The maximum Gasteiger partial charge on any atom is 0.251 e. The highest BCUT2D eigenvalue weighted by atomic mass is 79.9. The predicted molar refractivity (Wildman–Crippen MR) is 93.0 cm³/mol. The van der Waals surface area contributed by atoms with E-state index in [1.807, 2.05) is 23.0 Å². The fourth-order valence-electron chi connectivity index (χ4n) is 2.26. The lowest BCUT2D eigenvalue weighted by atomic mass is 10.1. The lowest BCUT2D eigenvalue weighted by Crippen LogP contribution is -2.22. The highest BCUT2D eigenvalue weighted by molar-refractivity contribution is 9.10. The second kappa shape index (κ2) is 7.40. The van der Waals surface area contributed by atoms with E-state index in [4.69, 9.17) is 0 Å². The quantitative estimate of drug-likeness (QED) is 0.724. The zero-order valence-corrected chi connectivity index (χ0v) is 14.3. The van der Waals surface area contributed by atoms with Gasteiger partial charge in [-0.15, -0.1) is 0 Å². The van der Waals surface area contributed by atoms with E-state index in [0.29, 0.717) is 18.7 Å². The third kappa shape index (κ3) is 4.29. The zero-order chi connectivity index (χ0) is 16.9. The second-order valence-corrected chi connectivity index (χ2v) is 6.28. The van der Waals surface area contributed by atoms with E-state index in [9.17, 15) is 9.18 Å². The van der Waals surface area contributed by atoms with Crippen molar-refractivity contribution in [3.63, 3.8) is 0 Å². The van der Waals surface area contributed by atoms with E-state index < -0.39 is 0 Å². The molecule has 1 N–H and O–H groups in total. The Morgan fingerprint density at radius 2 is 1.75 bits per heavy atom. The third-order valence-electron chi connectivity index (χ3n) is 3.53. The van der Waals surface area contributed by atoms with Gasteiger partial charge in [-0.25, -0.2) is 4.39 Å². The number of carbonyl (C=O) groups excluding carboxylic acids is 1. The topological polar surface area (TPSA) is 46.9 Å². The van der Waals surface area contributed by atoms with E-state index in [-0.39, 0.29) is 11.7 Å². The first kappa shape index (κ1) is 16.4. The molecule has 0 saturated carbocycles. The van der Waals surface area contributed by atoms with Crippen LogP contribution in [0.3, 0.4) is 0 Å². The Labute approximate surface area is 147 Å². The molecule has 0 radical (unpaired) electrons. The molecule has 24 heavy (non-hydrogen) atoms. The Morgan fingerprint density at radius 3 is 2.38 bits per heavy atom. The fourth-order valence-corrected chi connectivity index (χ4v) is 2.59. The van der Waals surface area contributed by atoms with Gasteiger partial charge in [0.05, 0.1) is 17.2 Å². The molecule has 1 heterocycles. The largest absolute Gasteiger partial charge is 0.348 e. The summed E-state index contributed by atoms with van der Waals surface area (Å²) in [6.07, 6.45) is 3.63. The molecule has 2 aromatic carbocycles. The SMILES string of the molecule is O=C(NCc1ccc(F)cc1)c1ccc(Cn2cc(Br)cn2)cc1. The summed E-state index contributed by atoms with van der Waals surface area (Å²) in [6, 6.07) is 13.4. The van der Waals surface area contributed by atoms with Gasteiger partial charge in [0.15, 0.2) is 0 Å². The van der Waals surface area contributed by atoms with Crippen LogP contribution in [0.4, 0.5) is 4.39 Å². The molecule has 3 aromatic rings. The van der Waals surface area contributed by atoms with Gasteiger partial charge in [-0.2, -0.15) is 5.10 Å². The van der Waals surface area contributed by atoms with Crippen molar-refractivity contribution < 1.29 is 9.18 Å². The smallest absolute Gasteiger partial charge is 0.251 e. The summed E-state index contributed by atoms with van der Waals surface area (Å²) in [5.74, 6) is -0.447. The molecular formula is C18H15BrFN3O. The summed E-state index contributed by atoms with van der Waals surface area (Å²) >= 11 is 3.36. The average Bonchev–Trinajstić information content (AvgIpc) is 2.99. The van der Waals surface area contributed by atoms with Crippen LogP contribution in [0.5, 0.6) is 0 Å². The molecule has 0 aliphatic carbocycles.